The lowest BCUT2D eigenvalue weighted by atomic mass is 9.96. The average molecular weight is 367 g/mol. The van der Waals surface area contributed by atoms with Gasteiger partial charge in [-0.05, 0) is 54.3 Å². The van der Waals surface area contributed by atoms with E-state index in [0.29, 0.717) is 0 Å². The zero-order valence-electron chi connectivity index (χ0n) is 12.5. The van der Waals surface area contributed by atoms with Crippen LogP contribution in [-0.2, 0) is 6.42 Å². The first kappa shape index (κ1) is 16.5. The Bertz CT molecular complexity index is 598. The van der Waals surface area contributed by atoms with Gasteiger partial charge in [0.1, 0.15) is 0 Å². The van der Waals surface area contributed by atoms with E-state index in [2.05, 4.69) is 59.4 Å². The Morgan fingerprint density at radius 2 is 1.95 bits per heavy atom. The van der Waals surface area contributed by atoms with Crippen LogP contribution in [0.25, 0.3) is 0 Å². The topological polar surface area (TPSA) is 12.0 Å². The number of aryl methyl sites for hydroxylation is 1. The highest BCUT2D eigenvalue weighted by Gasteiger charge is 2.16. The highest BCUT2D eigenvalue weighted by molar-refractivity contribution is 9.10. The molecule has 112 valence electrons. The Hall–Kier alpha value is -0.830. The van der Waals surface area contributed by atoms with Crippen molar-refractivity contribution in [2.75, 3.05) is 6.54 Å². The largest absolute Gasteiger partial charge is 0.306 e. The van der Waals surface area contributed by atoms with Crippen molar-refractivity contribution < 1.29 is 0 Å². The maximum absolute atomic E-state index is 6.19. The summed E-state index contributed by atoms with van der Waals surface area (Å²) < 4.78 is 1.09. The molecule has 0 aliphatic heterocycles. The third-order valence-corrected chi connectivity index (χ3v) is 4.52. The van der Waals surface area contributed by atoms with Gasteiger partial charge in [0, 0.05) is 9.50 Å². The molecular weight excluding hydrogens is 346 g/mol. The number of nitrogens with one attached hydrogen (secondary N) is 1. The third kappa shape index (κ3) is 4.32. The molecule has 1 nitrogen and oxygen atoms in total. The van der Waals surface area contributed by atoms with Crippen LogP contribution in [0.15, 0.2) is 46.9 Å². The summed E-state index contributed by atoms with van der Waals surface area (Å²) in [5, 5.41) is 4.40. The fraction of sp³-hybridized carbons (Fsp3) is 0.333. The van der Waals surface area contributed by atoms with E-state index in [4.69, 9.17) is 11.6 Å². The summed E-state index contributed by atoms with van der Waals surface area (Å²) in [6.45, 7) is 5.34. The van der Waals surface area contributed by atoms with Crippen molar-refractivity contribution in [3.05, 3.63) is 68.7 Å². The lowest BCUT2D eigenvalue weighted by molar-refractivity contribution is 0.596. The predicted octanol–water partition coefficient (Wildman–Crippen LogP) is 5.75. The van der Waals surface area contributed by atoms with Crippen molar-refractivity contribution in [3.8, 4) is 0 Å². The number of rotatable bonds is 6. The molecule has 2 aromatic carbocycles. The van der Waals surface area contributed by atoms with Crippen LogP contribution in [-0.4, -0.2) is 6.54 Å². The molecule has 0 radical (unpaired) electrons. The maximum atomic E-state index is 6.19. The monoisotopic (exact) mass is 365 g/mol. The third-order valence-electron chi connectivity index (χ3n) is 3.56. The van der Waals surface area contributed by atoms with Gasteiger partial charge in [-0.15, -0.1) is 0 Å². The molecule has 1 N–H and O–H groups in total. The highest BCUT2D eigenvalue weighted by Crippen LogP contribution is 2.31. The van der Waals surface area contributed by atoms with Gasteiger partial charge in [0.25, 0.3) is 0 Å². The van der Waals surface area contributed by atoms with Gasteiger partial charge in [-0.3, -0.25) is 0 Å². The van der Waals surface area contributed by atoms with E-state index in [9.17, 15) is 0 Å². The van der Waals surface area contributed by atoms with Crippen LogP contribution in [0.5, 0.6) is 0 Å². The van der Waals surface area contributed by atoms with Crippen molar-refractivity contribution >= 4 is 27.5 Å². The highest BCUT2D eigenvalue weighted by atomic mass is 79.9. The Morgan fingerprint density at radius 3 is 2.67 bits per heavy atom. The molecule has 0 amide bonds. The van der Waals surface area contributed by atoms with Crippen LogP contribution >= 0.6 is 27.5 Å². The number of halogens is 2. The number of benzene rings is 2. The van der Waals surface area contributed by atoms with E-state index in [0.717, 1.165) is 28.9 Å². The summed E-state index contributed by atoms with van der Waals surface area (Å²) in [4.78, 5) is 0. The first-order valence-corrected chi connectivity index (χ1v) is 8.60. The van der Waals surface area contributed by atoms with Crippen molar-refractivity contribution in [1.82, 2.24) is 5.32 Å². The first-order chi connectivity index (χ1) is 10.2. The molecule has 0 bridgehead atoms. The second kappa shape index (κ2) is 7.98. The zero-order valence-corrected chi connectivity index (χ0v) is 14.8. The molecule has 0 saturated heterocycles. The van der Waals surface area contributed by atoms with E-state index in [1.807, 2.05) is 18.2 Å². The molecule has 0 fully saturated rings. The number of hydrogen-bond donors (Lipinski definition) is 1. The SMILES string of the molecule is CCCNC(c1cccc(CC)c1)c1cc(Cl)ccc1Br. The van der Waals surface area contributed by atoms with Crippen LogP contribution in [0.2, 0.25) is 5.02 Å². The minimum Gasteiger partial charge on any atom is -0.306 e. The van der Waals surface area contributed by atoms with Gasteiger partial charge in [-0.2, -0.15) is 0 Å². The van der Waals surface area contributed by atoms with E-state index >= 15 is 0 Å². The Labute approximate surface area is 140 Å². The lowest BCUT2D eigenvalue weighted by Crippen LogP contribution is -2.23. The molecule has 2 rings (SSSR count). The van der Waals surface area contributed by atoms with Crippen molar-refractivity contribution in [2.24, 2.45) is 0 Å². The van der Waals surface area contributed by atoms with E-state index < -0.39 is 0 Å². The van der Waals surface area contributed by atoms with Gasteiger partial charge >= 0.3 is 0 Å². The standard InChI is InChI=1S/C18H21BrClN/c1-3-10-21-18(14-7-5-6-13(4-2)11-14)16-12-15(20)8-9-17(16)19/h5-9,11-12,18,21H,3-4,10H2,1-2H3. The molecule has 0 aromatic heterocycles. The van der Waals surface area contributed by atoms with E-state index in [1.165, 1.54) is 16.7 Å². The van der Waals surface area contributed by atoms with Gasteiger partial charge in [0.2, 0.25) is 0 Å². The van der Waals surface area contributed by atoms with Gasteiger partial charge in [-0.25, -0.2) is 0 Å². The smallest absolute Gasteiger partial charge is 0.0588 e. The molecule has 3 heteroatoms. The van der Waals surface area contributed by atoms with Crippen LogP contribution in [0.1, 0.15) is 43.0 Å². The summed E-state index contributed by atoms with van der Waals surface area (Å²) in [7, 11) is 0. The second-order valence-corrected chi connectivity index (χ2v) is 6.44. The Kier molecular flexibility index (Phi) is 6.28. The Balaban J connectivity index is 2.44. The summed E-state index contributed by atoms with van der Waals surface area (Å²) in [5.41, 5.74) is 3.82. The molecular formula is C18H21BrClN. The number of hydrogen-bond acceptors (Lipinski definition) is 1. The minimum absolute atomic E-state index is 0.157. The van der Waals surface area contributed by atoms with E-state index in [-0.39, 0.29) is 6.04 Å². The molecule has 0 heterocycles. The molecule has 0 aliphatic carbocycles. The Morgan fingerprint density at radius 1 is 1.14 bits per heavy atom. The van der Waals surface area contributed by atoms with E-state index in [1.54, 1.807) is 0 Å². The van der Waals surface area contributed by atoms with Gasteiger partial charge < -0.3 is 5.32 Å². The van der Waals surface area contributed by atoms with Gasteiger partial charge in [-0.1, -0.05) is 65.6 Å². The summed E-state index contributed by atoms with van der Waals surface area (Å²) >= 11 is 9.85. The molecule has 2 aromatic rings. The quantitative estimate of drug-likeness (QED) is 0.686. The van der Waals surface area contributed by atoms with Gasteiger partial charge in [0.15, 0.2) is 0 Å². The molecule has 0 spiro atoms. The fourth-order valence-electron chi connectivity index (χ4n) is 2.42. The van der Waals surface area contributed by atoms with Crippen LogP contribution in [0.3, 0.4) is 0 Å². The van der Waals surface area contributed by atoms with Crippen molar-refractivity contribution in [3.63, 3.8) is 0 Å². The molecule has 21 heavy (non-hydrogen) atoms. The lowest BCUT2D eigenvalue weighted by Gasteiger charge is -2.22. The zero-order chi connectivity index (χ0) is 15.2. The van der Waals surface area contributed by atoms with Crippen molar-refractivity contribution in [1.29, 1.82) is 0 Å². The van der Waals surface area contributed by atoms with Gasteiger partial charge in [0.05, 0.1) is 6.04 Å². The van der Waals surface area contributed by atoms with Crippen molar-refractivity contribution in [2.45, 2.75) is 32.7 Å². The van der Waals surface area contributed by atoms with Crippen LogP contribution in [0, 0.1) is 0 Å². The minimum atomic E-state index is 0.157. The molecule has 1 unspecified atom stereocenters. The first-order valence-electron chi connectivity index (χ1n) is 7.42. The van der Waals surface area contributed by atoms with Crippen LogP contribution < -0.4 is 5.32 Å². The average Bonchev–Trinajstić information content (AvgIpc) is 2.51. The summed E-state index contributed by atoms with van der Waals surface area (Å²) in [6, 6.07) is 14.9. The fourth-order valence-corrected chi connectivity index (χ4v) is 3.08. The molecule has 0 saturated carbocycles. The summed E-state index contributed by atoms with van der Waals surface area (Å²) in [5.74, 6) is 0. The predicted molar refractivity (Wildman–Crippen MR) is 95.1 cm³/mol. The second-order valence-electron chi connectivity index (χ2n) is 5.15. The maximum Gasteiger partial charge on any atom is 0.0588 e. The van der Waals surface area contributed by atoms with Crippen LogP contribution in [0.4, 0.5) is 0 Å². The summed E-state index contributed by atoms with van der Waals surface area (Å²) in [6.07, 6.45) is 2.15. The normalized spacial score (nSPS) is 12.4. The molecule has 0 aliphatic rings. The molecule has 1 atom stereocenters.